The summed E-state index contributed by atoms with van der Waals surface area (Å²) in [4.78, 5) is 45.9. The molecule has 3 heterocycles. The number of fused-ring (bicyclic) bond motifs is 5. The van der Waals surface area contributed by atoms with Crippen LogP contribution in [-0.2, 0) is 0 Å². The molecule has 0 saturated carbocycles. The van der Waals surface area contributed by atoms with Gasteiger partial charge in [-0.3, -0.25) is 14.4 Å². The first-order chi connectivity index (χ1) is 18.0. The summed E-state index contributed by atoms with van der Waals surface area (Å²) < 4.78 is 0. The minimum Gasteiger partial charge on any atom is -0.352 e. The topological polar surface area (TPSA) is 54.5 Å². The van der Waals surface area contributed by atoms with E-state index in [9.17, 15) is 14.4 Å². The summed E-state index contributed by atoms with van der Waals surface area (Å²) in [7, 11) is 0. The fraction of sp³-hybridized carbons (Fsp3) is 0.129. The van der Waals surface area contributed by atoms with Crippen molar-refractivity contribution in [3.05, 3.63) is 129 Å². The van der Waals surface area contributed by atoms with E-state index in [0.717, 1.165) is 16.8 Å². The van der Waals surface area contributed by atoms with Gasteiger partial charge in [0.1, 0.15) is 11.5 Å². The largest absolute Gasteiger partial charge is 0.352 e. The maximum absolute atomic E-state index is 14.5. The molecule has 3 aliphatic rings. The molecule has 2 aliphatic heterocycles. The molecule has 1 spiro atoms. The minimum atomic E-state index is -1.48. The van der Waals surface area contributed by atoms with Gasteiger partial charge in [-0.2, -0.15) is 0 Å². The number of anilines is 1. The highest BCUT2D eigenvalue weighted by Crippen LogP contribution is 2.61. The number of rotatable bonds is 3. The molecule has 1 aliphatic carbocycles. The Bertz CT molecular complexity index is 1590. The van der Waals surface area contributed by atoms with E-state index < -0.39 is 23.4 Å². The smallest absolute Gasteiger partial charge is 0.195 e. The molecule has 0 N–H and O–H groups in total. The second-order valence-corrected chi connectivity index (χ2v) is 11.0. The predicted molar refractivity (Wildman–Crippen MR) is 146 cm³/mol. The van der Waals surface area contributed by atoms with Crippen LogP contribution in [0.2, 0.25) is 5.02 Å². The van der Waals surface area contributed by atoms with Crippen LogP contribution in [0.5, 0.6) is 0 Å². The van der Waals surface area contributed by atoms with Crippen LogP contribution in [-0.4, -0.2) is 29.4 Å². The summed E-state index contributed by atoms with van der Waals surface area (Å²) in [5.41, 5.74) is 1.82. The Kier molecular flexibility index (Phi) is 4.91. The number of hydrogen-bond acceptors (Lipinski definition) is 5. The summed E-state index contributed by atoms with van der Waals surface area (Å²) in [5, 5.41) is 2.45. The third kappa shape index (κ3) is 2.93. The van der Waals surface area contributed by atoms with Crippen molar-refractivity contribution < 1.29 is 14.4 Å². The molecule has 3 atom stereocenters. The Balaban J connectivity index is 1.56. The molecule has 3 aromatic carbocycles. The van der Waals surface area contributed by atoms with Gasteiger partial charge in [0.15, 0.2) is 17.3 Å². The number of carbonyl (C=O) groups is 3. The molecule has 4 aromatic rings. The van der Waals surface area contributed by atoms with Gasteiger partial charge in [-0.25, -0.2) is 0 Å². The average Bonchev–Trinajstić information content (AvgIpc) is 3.62. The molecule has 7 rings (SSSR count). The Labute approximate surface area is 222 Å². The average molecular weight is 522 g/mol. The second-order valence-electron chi connectivity index (χ2n) is 9.66. The third-order valence-corrected chi connectivity index (χ3v) is 9.08. The molecule has 0 radical (unpaired) electrons. The number of thiophene rings is 1. The van der Waals surface area contributed by atoms with Crippen molar-refractivity contribution in [1.82, 2.24) is 0 Å². The summed E-state index contributed by atoms with van der Waals surface area (Å²) in [6, 6.07) is 24.4. The van der Waals surface area contributed by atoms with Gasteiger partial charge in [0.05, 0.1) is 10.9 Å². The molecule has 1 aromatic heterocycles. The highest BCUT2D eigenvalue weighted by molar-refractivity contribution is 7.12. The molecule has 0 bridgehead atoms. The fourth-order valence-corrected chi connectivity index (χ4v) is 7.42. The van der Waals surface area contributed by atoms with Crippen molar-refractivity contribution in [2.75, 3.05) is 4.90 Å². The Morgan fingerprint density at radius 3 is 2.24 bits per heavy atom. The number of nitrogens with zero attached hydrogens (tertiary/aromatic N) is 1. The zero-order valence-electron chi connectivity index (χ0n) is 19.5. The molecule has 37 heavy (non-hydrogen) atoms. The maximum atomic E-state index is 14.5. The lowest BCUT2D eigenvalue weighted by molar-refractivity contribution is 0.0666. The lowest BCUT2D eigenvalue weighted by Crippen LogP contribution is -2.48. The summed E-state index contributed by atoms with van der Waals surface area (Å²) in [6.07, 6.45) is 3.84. The lowest BCUT2D eigenvalue weighted by Gasteiger charge is -2.37. The molecular weight excluding hydrogens is 502 g/mol. The van der Waals surface area contributed by atoms with Crippen molar-refractivity contribution in [1.29, 1.82) is 0 Å². The normalized spacial score (nSPS) is 22.7. The molecule has 1 saturated heterocycles. The number of hydrogen-bond donors (Lipinski definition) is 0. The van der Waals surface area contributed by atoms with E-state index >= 15 is 0 Å². The van der Waals surface area contributed by atoms with Crippen LogP contribution < -0.4 is 4.90 Å². The Morgan fingerprint density at radius 2 is 1.57 bits per heavy atom. The fourth-order valence-electron chi connectivity index (χ4n) is 6.55. The van der Waals surface area contributed by atoms with Crippen LogP contribution >= 0.6 is 22.9 Å². The van der Waals surface area contributed by atoms with Gasteiger partial charge in [-0.15, -0.1) is 11.3 Å². The molecule has 180 valence electrons. The summed E-state index contributed by atoms with van der Waals surface area (Å²) in [6.45, 7) is 0. The minimum absolute atomic E-state index is 0.0986. The SMILES string of the molecule is O=C(c1cccs1)[C@H]1[C@@H](c2ccccc2)C2(C(=O)c3ccccc3C2=O)[C@H]2C=Cc3cc(Cl)ccc3N12. The van der Waals surface area contributed by atoms with E-state index in [1.54, 1.807) is 30.3 Å². The van der Waals surface area contributed by atoms with Crippen LogP contribution in [0.15, 0.2) is 96.4 Å². The van der Waals surface area contributed by atoms with Crippen LogP contribution in [0.25, 0.3) is 6.08 Å². The first-order valence-electron chi connectivity index (χ1n) is 12.1. The predicted octanol–water partition coefficient (Wildman–Crippen LogP) is 6.72. The zero-order chi connectivity index (χ0) is 25.3. The van der Waals surface area contributed by atoms with E-state index in [1.165, 1.54) is 11.3 Å². The molecule has 0 unspecified atom stereocenters. The number of benzene rings is 3. The molecular formula is C31H20ClNO3S. The summed E-state index contributed by atoms with van der Waals surface area (Å²) in [5.74, 6) is -1.23. The Morgan fingerprint density at radius 1 is 0.865 bits per heavy atom. The number of ketones is 3. The standard InChI is InChI=1S/C31H20ClNO3S/c32-20-13-14-23-19(17-20)12-15-25-31(29(35)21-9-4-5-10-22(21)30(31)36)26(18-7-2-1-3-8-18)27(33(23)25)28(34)24-11-6-16-37-24/h1-17,25-27H/t25-,26-,27-/m1/s1. The van der Waals surface area contributed by atoms with Gasteiger partial charge in [-0.1, -0.05) is 84.4 Å². The Hall–Kier alpha value is -3.80. The monoisotopic (exact) mass is 521 g/mol. The van der Waals surface area contributed by atoms with Crippen molar-refractivity contribution in [3.8, 4) is 0 Å². The van der Waals surface area contributed by atoms with Crippen molar-refractivity contribution in [3.63, 3.8) is 0 Å². The quantitative estimate of drug-likeness (QED) is 0.222. The van der Waals surface area contributed by atoms with Crippen molar-refractivity contribution in [2.45, 2.75) is 18.0 Å². The van der Waals surface area contributed by atoms with Gasteiger partial charge in [0, 0.05) is 27.8 Å². The highest BCUT2D eigenvalue weighted by Gasteiger charge is 2.71. The van der Waals surface area contributed by atoms with Crippen LogP contribution in [0.1, 0.15) is 47.4 Å². The van der Waals surface area contributed by atoms with Crippen LogP contribution in [0, 0.1) is 5.41 Å². The lowest BCUT2D eigenvalue weighted by atomic mass is 9.64. The third-order valence-electron chi connectivity index (χ3n) is 7.96. The van der Waals surface area contributed by atoms with Gasteiger partial charge in [0.25, 0.3) is 0 Å². The first kappa shape index (κ1) is 22.4. The number of Topliss-reactive ketones (excluding diaryl/α,β-unsaturated/α-hetero) is 3. The van der Waals surface area contributed by atoms with E-state index in [1.807, 2.05) is 77.0 Å². The maximum Gasteiger partial charge on any atom is 0.195 e. The van der Waals surface area contributed by atoms with Crippen LogP contribution in [0.4, 0.5) is 5.69 Å². The van der Waals surface area contributed by atoms with E-state index in [2.05, 4.69) is 0 Å². The van der Waals surface area contributed by atoms with Crippen molar-refractivity contribution in [2.24, 2.45) is 5.41 Å². The highest BCUT2D eigenvalue weighted by atomic mass is 35.5. The second kappa shape index (κ2) is 8.10. The first-order valence-corrected chi connectivity index (χ1v) is 13.4. The van der Waals surface area contributed by atoms with Gasteiger partial charge >= 0.3 is 0 Å². The van der Waals surface area contributed by atoms with Gasteiger partial charge in [-0.05, 0) is 40.8 Å². The van der Waals surface area contributed by atoms with E-state index in [0.29, 0.717) is 21.0 Å². The number of halogens is 1. The molecule has 4 nitrogen and oxygen atoms in total. The molecule has 1 fully saturated rings. The summed E-state index contributed by atoms with van der Waals surface area (Å²) >= 11 is 7.70. The zero-order valence-corrected chi connectivity index (χ0v) is 21.1. The molecule has 6 heteroatoms. The van der Waals surface area contributed by atoms with E-state index in [4.69, 9.17) is 11.6 Å². The molecule has 0 amide bonds. The number of carbonyl (C=O) groups excluding carboxylic acids is 3. The van der Waals surface area contributed by atoms with Gasteiger partial charge in [0.2, 0.25) is 0 Å². The van der Waals surface area contributed by atoms with E-state index in [-0.39, 0.29) is 17.3 Å². The van der Waals surface area contributed by atoms with Gasteiger partial charge < -0.3 is 4.90 Å². The van der Waals surface area contributed by atoms with Crippen LogP contribution in [0.3, 0.4) is 0 Å². The van der Waals surface area contributed by atoms with Crippen molar-refractivity contribution >= 4 is 52.1 Å².